The first-order chi connectivity index (χ1) is 11.6. The van der Waals surface area contributed by atoms with Crippen LogP contribution in [-0.2, 0) is 12.8 Å². The lowest BCUT2D eigenvalue weighted by molar-refractivity contribution is 0.957. The minimum absolute atomic E-state index is 0. The summed E-state index contributed by atoms with van der Waals surface area (Å²) in [6.07, 6.45) is 4.97. The molecule has 26 heavy (non-hydrogen) atoms. The summed E-state index contributed by atoms with van der Waals surface area (Å²) >= 11 is 11.9. The first kappa shape index (κ1) is 22.3. The molecule has 3 rings (SSSR count). The van der Waals surface area contributed by atoms with Gasteiger partial charge in [-0.25, -0.2) is 9.97 Å². The third-order valence-corrected chi connectivity index (χ3v) is 3.91. The third-order valence-electron chi connectivity index (χ3n) is 3.45. The predicted octanol–water partition coefficient (Wildman–Crippen LogP) is 5.13. The van der Waals surface area contributed by atoms with Crippen molar-refractivity contribution in [3.63, 3.8) is 0 Å². The molecule has 0 amide bonds. The van der Waals surface area contributed by atoms with Crippen molar-refractivity contribution in [2.45, 2.75) is 12.8 Å². The number of anilines is 3. The van der Waals surface area contributed by atoms with E-state index in [0.29, 0.717) is 16.7 Å². The maximum Gasteiger partial charge on any atom is 0.224 e. The fraction of sp³-hybridized carbons (Fsp3) is 0.118. The average molecular weight is 433 g/mol. The quantitative estimate of drug-likeness (QED) is 0.546. The molecule has 0 saturated carbocycles. The summed E-state index contributed by atoms with van der Waals surface area (Å²) < 4.78 is 0. The molecule has 0 unspecified atom stereocenters. The van der Waals surface area contributed by atoms with Gasteiger partial charge in [0, 0.05) is 11.9 Å². The average Bonchev–Trinajstić information content (AvgIpc) is 2.57. The van der Waals surface area contributed by atoms with E-state index in [2.05, 4.69) is 32.4 Å². The van der Waals surface area contributed by atoms with Crippen LogP contribution in [0, 0.1) is 0 Å². The van der Waals surface area contributed by atoms with E-state index in [1.807, 2.05) is 24.3 Å². The molecular formula is C17H17Cl4N5. The summed E-state index contributed by atoms with van der Waals surface area (Å²) in [5.41, 5.74) is 8.94. The Labute approximate surface area is 174 Å². The third kappa shape index (κ3) is 6.18. The number of benzene rings is 1. The highest BCUT2D eigenvalue weighted by Gasteiger charge is 2.05. The lowest BCUT2D eigenvalue weighted by Crippen LogP contribution is -1.98. The molecule has 0 aliphatic heterocycles. The minimum atomic E-state index is 0. The summed E-state index contributed by atoms with van der Waals surface area (Å²) in [4.78, 5) is 11.9. The molecule has 0 aliphatic rings. The first-order valence-electron chi connectivity index (χ1n) is 7.34. The Morgan fingerprint density at radius 2 is 1.69 bits per heavy atom. The molecule has 0 saturated heterocycles. The van der Waals surface area contributed by atoms with Gasteiger partial charge < -0.3 is 11.1 Å². The van der Waals surface area contributed by atoms with Gasteiger partial charge in [-0.2, -0.15) is 4.98 Å². The molecule has 2 heterocycles. The molecule has 9 heteroatoms. The Morgan fingerprint density at radius 3 is 2.42 bits per heavy atom. The van der Waals surface area contributed by atoms with Crippen LogP contribution in [-0.4, -0.2) is 15.0 Å². The number of hydrogen-bond donors (Lipinski definition) is 2. The SMILES string of the molecule is Cl.Cl.Nc1cc(CCc2cccc(Nc3nc(Cl)ncc3Cl)c2)ccn1. The van der Waals surface area contributed by atoms with Gasteiger partial charge >= 0.3 is 0 Å². The molecule has 2 aromatic heterocycles. The van der Waals surface area contributed by atoms with E-state index in [1.54, 1.807) is 6.20 Å². The second kappa shape index (κ2) is 10.4. The summed E-state index contributed by atoms with van der Waals surface area (Å²) in [5.74, 6) is 1.02. The highest BCUT2D eigenvalue weighted by molar-refractivity contribution is 6.33. The predicted molar refractivity (Wildman–Crippen MR) is 112 cm³/mol. The Kier molecular flexibility index (Phi) is 8.88. The lowest BCUT2D eigenvalue weighted by Gasteiger charge is -2.09. The van der Waals surface area contributed by atoms with Crippen molar-refractivity contribution in [2.24, 2.45) is 0 Å². The largest absolute Gasteiger partial charge is 0.384 e. The Hall–Kier alpha value is -1.79. The fourth-order valence-electron chi connectivity index (χ4n) is 2.31. The number of pyridine rings is 1. The lowest BCUT2D eigenvalue weighted by atomic mass is 10.0. The normalized spacial score (nSPS) is 9.77. The number of nitrogen functional groups attached to an aromatic ring is 1. The van der Waals surface area contributed by atoms with E-state index in [4.69, 9.17) is 28.9 Å². The van der Waals surface area contributed by atoms with Gasteiger partial charge in [-0.05, 0) is 59.8 Å². The van der Waals surface area contributed by atoms with Crippen LogP contribution >= 0.6 is 48.0 Å². The molecule has 0 aliphatic carbocycles. The number of nitrogens with two attached hydrogens (primary N) is 1. The van der Waals surface area contributed by atoms with E-state index in [0.717, 1.165) is 24.1 Å². The Morgan fingerprint density at radius 1 is 0.962 bits per heavy atom. The number of aryl methyl sites for hydroxylation is 2. The monoisotopic (exact) mass is 431 g/mol. The highest BCUT2D eigenvalue weighted by atomic mass is 35.5. The standard InChI is InChI=1S/C17H15Cl2N5.2ClH/c18-14-10-22-17(19)24-16(14)23-13-3-1-2-11(8-13)4-5-12-6-7-21-15(20)9-12;;/h1-3,6-10H,4-5H2,(H2,20,21)(H,22,23,24);2*1H. The Balaban J connectivity index is 0.00000169. The molecule has 3 N–H and O–H groups in total. The van der Waals surface area contributed by atoms with Crippen LogP contribution in [0.1, 0.15) is 11.1 Å². The van der Waals surface area contributed by atoms with Crippen molar-refractivity contribution in [1.29, 1.82) is 0 Å². The maximum absolute atomic E-state index is 6.08. The van der Waals surface area contributed by atoms with E-state index in [1.165, 1.54) is 11.8 Å². The van der Waals surface area contributed by atoms with Crippen LogP contribution in [0.15, 0.2) is 48.8 Å². The minimum Gasteiger partial charge on any atom is -0.384 e. The van der Waals surface area contributed by atoms with Crippen LogP contribution in [0.5, 0.6) is 0 Å². The molecule has 138 valence electrons. The van der Waals surface area contributed by atoms with Gasteiger partial charge in [0.2, 0.25) is 5.28 Å². The van der Waals surface area contributed by atoms with Crippen molar-refractivity contribution >= 4 is 65.3 Å². The molecular weight excluding hydrogens is 416 g/mol. The van der Waals surface area contributed by atoms with Crippen molar-refractivity contribution in [2.75, 3.05) is 11.1 Å². The smallest absolute Gasteiger partial charge is 0.224 e. The van der Waals surface area contributed by atoms with Gasteiger partial charge in [-0.3, -0.25) is 0 Å². The van der Waals surface area contributed by atoms with Gasteiger partial charge in [0.05, 0.1) is 6.20 Å². The summed E-state index contributed by atoms with van der Waals surface area (Å²) in [6, 6.07) is 11.9. The first-order valence-corrected chi connectivity index (χ1v) is 8.10. The number of nitrogens with one attached hydrogen (secondary N) is 1. The molecule has 5 nitrogen and oxygen atoms in total. The fourth-order valence-corrected chi connectivity index (χ4v) is 2.58. The van der Waals surface area contributed by atoms with Crippen LogP contribution in [0.3, 0.4) is 0 Å². The number of nitrogens with zero attached hydrogens (tertiary/aromatic N) is 3. The van der Waals surface area contributed by atoms with E-state index in [-0.39, 0.29) is 30.1 Å². The van der Waals surface area contributed by atoms with Crippen LogP contribution in [0.4, 0.5) is 17.3 Å². The zero-order chi connectivity index (χ0) is 16.9. The van der Waals surface area contributed by atoms with Gasteiger partial charge in [-0.1, -0.05) is 23.7 Å². The number of halogens is 4. The second-order valence-electron chi connectivity index (χ2n) is 5.25. The molecule has 0 bridgehead atoms. The van der Waals surface area contributed by atoms with Gasteiger partial charge in [-0.15, -0.1) is 24.8 Å². The van der Waals surface area contributed by atoms with E-state index >= 15 is 0 Å². The second-order valence-corrected chi connectivity index (χ2v) is 6.00. The number of aromatic nitrogens is 3. The van der Waals surface area contributed by atoms with Crippen LogP contribution in [0.2, 0.25) is 10.3 Å². The summed E-state index contributed by atoms with van der Waals surface area (Å²) in [7, 11) is 0. The van der Waals surface area contributed by atoms with Crippen LogP contribution in [0.25, 0.3) is 0 Å². The molecule has 0 spiro atoms. The van der Waals surface area contributed by atoms with Crippen molar-refractivity contribution < 1.29 is 0 Å². The summed E-state index contributed by atoms with van der Waals surface area (Å²) in [5, 5.41) is 3.72. The molecule has 1 aromatic carbocycles. The molecule has 3 aromatic rings. The van der Waals surface area contributed by atoms with Crippen molar-refractivity contribution in [1.82, 2.24) is 15.0 Å². The number of hydrogen-bond acceptors (Lipinski definition) is 5. The van der Waals surface area contributed by atoms with Crippen LogP contribution < -0.4 is 11.1 Å². The summed E-state index contributed by atoms with van der Waals surface area (Å²) in [6.45, 7) is 0. The topological polar surface area (TPSA) is 76.7 Å². The molecule has 0 radical (unpaired) electrons. The van der Waals surface area contributed by atoms with Crippen molar-refractivity contribution in [3.05, 3.63) is 70.2 Å². The van der Waals surface area contributed by atoms with E-state index < -0.39 is 0 Å². The maximum atomic E-state index is 6.08. The zero-order valence-corrected chi connectivity index (χ0v) is 16.7. The van der Waals surface area contributed by atoms with Gasteiger partial charge in [0.15, 0.2) is 5.82 Å². The van der Waals surface area contributed by atoms with Gasteiger partial charge in [0.25, 0.3) is 0 Å². The zero-order valence-electron chi connectivity index (χ0n) is 13.5. The van der Waals surface area contributed by atoms with Crippen molar-refractivity contribution in [3.8, 4) is 0 Å². The van der Waals surface area contributed by atoms with Gasteiger partial charge in [0.1, 0.15) is 10.8 Å². The van der Waals surface area contributed by atoms with E-state index in [9.17, 15) is 0 Å². The Bertz CT molecular complexity index is 860. The molecule has 0 atom stereocenters. The highest BCUT2D eigenvalue weighted by Crippen LogP contribution is 2.24. The molecule has 0 fully saturated rings. The number of rotatable bonds is 5.